The van der Waals surface area contributed by atoms with Gasteiger partial charge < -0.3 is 45.2 Å². The molecule has 0 aliphatic carbocycles. The van der Waals surface area contributed by atoms with Crippen molar-refractivity contribution in [2.24, 2.45) is 41.4 Å². The van der Waals surface area contributed by atoms with Gasteiger partial charge in [0.25, 0.3) is 0 Å². The predicted octanol–water partition coefficient (Wildman–Crippen LogP) is 0.158. The van der Waals surface area contributed by atoms with E-state index in [2.05, 4.69) is 56.4 Å². The van der Waals surface area contributed by atoms with Gasteiger partial charge in [-0.15, -0.1) is 0 Å². The minimum absolute atomic E-state index is 0.171. The lowest BCUT2D eigenvalue weighted by Crippen LogP contribution is -2.57. The number of guanidine groups is 6. The van der Waals surface area contributed by atoms with Crippen LogP contribution in [0.2, 0.25) is 0 Å². The number of hydrogen-bond acceptors (Lipinski definition) is 14. The van der Waals surface area contributed by atoms with Gasteiger partial charge in [0.05, 0.1) is 25.3 Å². The van der Waals surface area contributed by atoms with Gasteiger partial charge in [-0.05, 0) is 43.3 Å². The molecule has 0 aromatic carbocycles. The van der Waals surface area contributed by atoms with Crippen LogP contribution in [-0.2, 0) is 19.3 Å². The lowest BCUT2D eigenvalue weighted by Gasteiger charge is -2.34. The Bertz CT molecular complexity index is 1690. The second-order valence-electron chi connectivity index (χ2n) is 11.8. The van der Waals surface area contributed by atoms with E-state index in [0.717, 1.165) is 17.3 Å². The molecule has 0 bridgehead atoms. The van der Waals surface area contributed by atoms with E-state index in [9.17, 15) is 0 Å². The average Bonchev–Trinajstić information content (AvgIpc) is 3.91. The zero-order valence-corrected chi connectivity index (χ0v) is 28.2. The summed E-state index contributed by atoms with van der Waals surface area (Å²) in [7, 11) is 1.72. The van der Waals surface area contributed by atoms with E-state index in [0.29, 0.717) is 88.2 Å². The second-order valence-corrected chi connectivity index (χ2v) is 11.8. The molecule has 3 aliphatic heterocycles. The molecule has 0 fully saturated rings. The van der Waals surface area contributed by atoms with Gasteiger partial charge in [0, 0.05) is 58.9 Å². The van der Waals surface area contributed by atoms with Gasteiger partial charge in [0.2, 0.25) is 11.9 Å². The van der Waals surface area contributed by atoms with Crippen molar-refractivity contribution < 1.29 is 13.3 Å². The smallest absolute Gasteiger partial charge is 0.203 e. The van der Waals surface area contributed by atoms with E-state index in [1.807, 2.05) is 43.3 Å². The molecule has 0 saturated carbocycles. The van der Waals surface area contributed by atoms with Crippen LogP contribution >= 0.6 is 0 Å². The Labute approximate surface area is 290 Å². The highest BCUT2D eigenvalue weighted by Crippen LogP contribution is 2.12. The van der Waals surface area contributed by atoms with Crippen LogP contribution in [0.3, 0.4) is 0 Å². The van der Waals surface area contributed by atoms with Crippen molar-refractivity contribution in [3.05, 3.63) is 72.5 Å². The molecule has 0 saturated heterocycles. The fraction of sp³-hybridized carbons (Fsp3) is 0.438. The second kappa shape index (κ2) is 16.4. The van der Waals surface area contributed by atoms with Crippen molar-refractivity contribution in [3.8, 4) is 0 Å². The Morgan fingerprint density at radius 1 is 0.720 bits per heavy atom. The summed E-state index contributed by atoms with van der Waals surface area (Å²) in [5, 5.41) is 16.0. The standard InChI is InChI=1S/C32H45N15O3/c1-21-37-29(35-2)45-31(38-21)47(15-11-24-8-5-19-50-24)20-26-40-28(34)44-32(42-26)46(14-10-23-7-4-18-49-23)16-12-25-39-27(33)43-30(41-25)36-13-9-22-6-3-17-48-22/h3-8,17-19,21,25-26H,9-16,20H2,1-2H3,(H3,34,40,42,44)(H2,35,37,38,45)(H4,33,36,39,41,43). The van der Waals surface area contributed by atoms with Crippen LogP contribution in [0.4, 0.5) is 0 Å². The van der Waals surface area contributed by atoms with E-state index in [4.69, 9.17) is 34.7 Å². The molecule has 6 rings (SSSR count). The number of hydrogen-bond donors (Lipinski definition) is 7. The van der Waals surface area contributed by atoms with Crippen molar-refractivity contribution >= 4 is 35.8 Å². The normalized spacial score (nSPS) is 21.8. The predicted molar refractivity (Wildman–Crippen MR) is 191 cm³/mol. The monoisotopic (exact) mass is 687 g/mol. The number of furan rings is 3. The number of nitrogens with zero attached hydrogens (tertiary/aromatic N) is 8. The molecule has 3 aliphatic rings. The molecule has 3 aromatic rings. The molecule has 9 N–H and O–H groups in total. The highest BCUT2D eigenvalue weighted by atomic mass is 16.3. The van der Waals surface area contributed by atoms with Gasteiger partial charge in [0.15, 0.2) is 30.0 Å². The first-order chi connectivity index (χ1) is 24.4. The fourth-order valence-electron chi connectivity index (χ4n) is 5.61. The van der Waals surface area contributed by atoms with E-state index in [1.165, 1.54) is 0 Å². The lowest BCUT2D eigenvalue weighted by atomic mass is 10.2. The maximum atomic E-state index is 6.39. The Morgan fingerprint density at radius 2 is 1.36 bits per heavy atom. The maximum Gasteiger partial charge on any atom is 0.203 e. The van der Waals surface area contributed by atoms with Crippen molar-refractivity contribution in [2.75, 3.05) is 39.8 Å². The Balaban J connectivity index is 1.17. The van der Waals surface area contributed by atoms with E-state index >= 15 is 0 Å². The first-order valence-electron chi connectivity index (χ1n) is 16.6. The third kappa shape index (κ3) is 9.57. The molecule has 3 aromatic heterocycles. The summed E-state index contributed by atoms with van der Waals surface area (Å²) in [5.74, 6) is 5.62. The molecule has 18 nitrogen and oxygen atoms in total. The lowest BCUT2D eigenvalue weighted by molar-refractivity contribution is 0.345. The number of aliphatic imine (C=N–C) groups is 6. The van der Waals surface area contributed by atoms with E-state index < -0.39 is 6.17 Å². The molecule has 18 heteroatoms. The van der Waals surface area contributed by atoms with Gasteiger partial charge in [0.1, 0.15) is 29.6 Å². The largest absolute Gasteiger partial charge is 0.469 e. The summed E-state index contributed by atoms with van der Waals surface area (Å²) in [6.07, 6.45) is 6.57. The third-order valence-electron chi connectivity index (χ3n) is 8.04. The summed E-state index contributed by atoms with van der Waals surface area (Å²) in [5.41, 5.74) is 12.5. The van der Waals surface area contributed by atoms with Crippen molar-refractivity contribution in [1.29, 1.82) is 0 Å². The number of nitrogens with one attached hydrogen (secondary N) is 5. The molecule has 3 unspecified atom stereocenters. The SMILES string of the molecule is CN=C1NC(N(CCc2ccco2)CC2N=C(N)NC(N(CCc3ccco3)CCC3N=C(N)NC(=NCCc4ccco4)N3)=N2)=NC(C)N1. The van der Waals surface area contributed by atoms with Crippen LogP contribution in [0, 0.1) is 0 Å². The number of rotatable bonds is 14. The van der Waals surface area contributed by atoms with Gasteiger partial charge in [-0.3, -0.25) is 25.9 Å². The molecule has 0 radical (unpaired) electrons. The molecule has 266 valence electrons. The van der Waals surface area contributed by atoms with Gasteiger partial charge >= 0.3 is 0 Å². The Morgan fingerprint density at radius 3 is 2.02 bits per heavy atom. The molecular formula is C32H45N15O3. The van der Waals surface area contributed by atoms with E-state index in [1.54, 1.807) is 25.8 Å². The fourth-order valence-corrected chi connectivity index (χ4v) is 5.61. The summed E-state index contributed by atoms with van der Waals surface area (Å²) in [6, 6.07) is 11.5. The first kappa shape index (κ1) is 33.9. The van der Waals surface area contributed by atoms with Crippen molar-refractivity contribution in [2.45, 2.75) is 51.1 Å². The molecule has 0 amide bonds. The quantitative estimate of drug-likeness (QED) is 0.120. The van der Waals surface area contributed by atoms with Gasteiger partial charge in [-0.1, -0.05) is 0 Å². The third-order valence-corrected chi connectivity index (χ3v) is 8.04. The zero-order chi connectivity index (χ0) is 34.7. The molecule has 6 heterocycles. The molecular weight excluding hydrogens is 642 g/mol. The van der Waals surface area contributed by atoms with Gasteiger partial charge in [-0.25, -0.2) is 20.0 Å². The minimum Gasteiger partial charge on any atom is -0.469 e. The Kier molecular flexibility index (Phi) is 11.2. The summed E-state index contributed by atoms with van der Waals surface area (Å²) in [6.45, 7) is 4.67. The summed E-state index contributed by atoms with van der Waals surface area (Å²) < 4.78 is 16.7. The first-order valence-corrected chi connectivity index (χ1v) is 16.6. The van der Waals surface area contributed by atoms with Crippen LogP contribution in [-0.4, -0.2) is 104 Å². The van der Waals surface area contributed by atoms with Crippen LogP contribution in [0.15, 0.2) is 98.4 Å². The zero-order valence-electron chi connectivity index (χ0n) is 28.2. The average molecular weight is 688 g/mol. The Hall–Kier alpha value is -5.94. The molecule has 3 atom stereocenters. The van der Waals surface area contributed by atoms with Gasteiger partial charge in [-0.2, -0.15) is 0 Å². The minimum atomic E-state index is -0.524. The van der Waals surface area contributed by atoms with Crippen LogP contribution in [0.5, 0.6) is 0 Å². The van der Waals surface area contributed by atoms with Crippen LogP contribution < -0.4 is 38.1 Å². The summed E-state index contributed by atoms with van der Waals surface area (Å²) >= 11 is 0. The van der Waals surface area contributed by atoms with Crippen molar-refractivity contribution in [1.82, 2.24) is 36.4 Å². The topological polar surface area (TPSA) is 232 Å². The summed E-state index contributed by atoms with van der Waals surface area (Å²) in [4.78, 5) is 32.2. The van der Waals surface area contributed by atoms with Crippen LogP contribution in [0.1, 0.15) is 30.6 Å². The highest BCUT2D eigenvalue weighted by Gasteiger charge is 2.27. The van der Waals surface area contributed by atoms with Crippen LogP contribution in [0.25, 0.3) is 0 Å². The van der Waals surface area contributed by atoms with Crippen molar-refractivity contribution in [3.63, 3.8) is 0 Å². The number of nitrogens with two attached hydrogens (primary N) is 2. The van der Waals surface area contributed by atoms with E-state index in [-0.39, 0.29) is 18.3 Å². The maximum absolute atomic E-state index is 6.39. The highest BCUT2D eigenvalue weighted by molar-refractivity contribution is 6.01. The molecule has 0 spiro atoms. The molecule has 50 heavy (non-hydrogen) atoms.